The van der Waals surface area contributed by atoms with Crippen molar-refractivity contribution in [3.63, 3.8) is 0 Å². The van der Waals surface area contributed by atoms with Crippen molar-refractivity contribution >= 4 is 17.7 Å². The topological polar surface area (TPSA) is 69.6 Å². The van der Waals surface area contributed by atoms with Crippen LogP contribution in [0.25, 0.3) is 0 Å². The number of carboxylic acids is 1. The maximum Gasteiger partial charge on any atom is 0.322 e. The summed E-state index contributed by atoms with van der Waals surface area (Å²) in [6.07, 6.45) is 0.438. The number of benzene rings is 1. The molecule has 2 atom stereocenters. The Balaban J connectivity index is 2.03. The van der Waals surface area contributed by atoms with Crippen molar-refractivity contribution in [2.75, 3.05) is 11.9 Å². The van der Waals surface area contributed by atoms with Gasteiger partial charge in [-0.3, -0.25) is 4.79 Å². The highest BCUT2D eigenvalue weighted by Crippen LogP contribution is 2.25. The van der Waals surface area contributed by atoms with Crippen LogP contribution < -0.4 is 5.32 Å². The van der Waals surface area contributed by atoms with Crippen LogP contribution in [0.5, 0.6) is 0 Å². The van der Waals surface area contributed by atoms with E-state index in [0.29, 0.717) is 18.7 Å². The molecule has 1 aliphatic rings. The van der Waals surface area contributed by atoms with E-state index in [4.69, 9.17) is 5.11 Å². The van der Waals surface area contributed by atoms with Crippen molar-refractivity contribution in [1.29, 1.82) is 0 Å². The normalized spacial score (nSPS) is 22.3. The number of rotatable bonds is 2. The predicted molar refractivity (Wildman–Crippen MR) is 67.3 cm³/mol. The fourth-order valence-electron chi connectivity index (χ4n) is 2.32. The maximum atomic E-state index is 13.0. The number of nitrogens with one attached hydrogen (secondary N) is 1. The lowest BCUT2D eigenvalue weighted by molar-refractivity contribution is -0.142. The molecule has 102 valence electrons. The van der Waals surface area contributed by atoms with E-state index in [9.17, 15) is 14.0 Å². The molecule has 2 rings (SSSR count). The summed E-state index contributed by atoms with van der Waals surface area (Å²) in [4.78, 5) is 24.4. The molecule has 1 aromatic rings. The van der Waals surface area contributed by atoms with Crippen LogP contribution >= 0.6 is 0 Å². The van der Waals surface area contributed by atoms with Crippen molar-refractivity contribution in [1.82, 2.24) is 4.90 Å². The number of hydrogen-bond donors (Lipinski definition) is 2. The number of halogens is 1. The second-order valence-corrected chi connectivity index (χ2v) is 4.61. The molecule has 1 heterocycles. The number of hydrogen-bond acceptors (Lipinski definition) is 2. The Morgan fingerprint density at radius 2 is 2.21 bits per heavy atom. The largest absolute Gasteiger partial charge is 0.481 e. The number of carboxylic acid groups (broad SMARTS) is 1. The highest BCUT2D eigenvalue weighted by atomic mass is 19.1. The fraction of sp³-hybridized carbons (Fsp3) is 0.385. The number of aliphatic carboxylic acids is 1. The van der Waals surface area contributed by atoms with Crippen LogP contribution in [0.1, 0.15) is 13.3 Å². The van der Waals surface area contributed by atoms with Gasteiger partial charge in [0.25, 0.3) is 0 Å². The van der Waals surface area contributed by atoms with Gasteiger partial charge in [0.1, 0.15) is 5.82 Å². The highest BCUT2D eigenvalue weighted by Gasteiger charge is 2.38. The molecular formula is C13H15FN2O3. The second-order valence-electron chi connectivity index (χ2n) is 4.61. The zero-order valence-corrected chi connectivity index (χ0v) is 10.5. The summed E-state index contributed by atoms with van der Waals surface area (Å²) >= 11 is 0. The first kappa shape index (κ1) is 13.3. The van der Waals surface area contributed by atoms with E-state index < -0.39 is 23.7 Å². The summed E-state index contributed by atoms with van der Waals surface area (Å²) in [5, 5.41) is 11.6. The average Bonchev–Trinajstić information content (AvgIpc) is 2.71. The fourth-order valence-corrected chi connectivity index (χ4v) is 2.32. The molecule has 0 aromatic heterocycles. The summed E-state index contributed by atoms with van der Waals surface area (Å²) in [6, 6.07) is 4.81. The molecule has 5 nitrogen and oxygen atoms in total. The molecule has 19 heavy (non-hydrogen) atoms. The zero-order chi connectivity index (χ0) is 14.0. The summed E-state index contributed by atoms with van der Waals surface area (Å²) in [6.45, 7) is 2.09. The van der Waals surface area contributed by atoms with E-state index in [2.05, 4.69) is 5.32 Å². The van der Waals surface area contributed by atoms with Gasteiger partial charge in [0, 0.05) is 18.3 Å². The highest BCUT2D eigenvalue weighted by molar-refractivity contribution is 5.90. The van der Waals surface area contributed by atoms with Gasteiger partial charge in [0.15, 0.2) is 0 Å². The minimum absolute atomic E-state index is 0.357. The molecule has 6 heteroatoms. The third-order valence-electron chi connectivity index (χ3n) is 3.41. The minimum Gasteiger partial charge on any atom is -0.481 e. The Hall–Kier alpha value is -2.11. The number of urea groups is 1. The molecule has 0 saturated carbocycles. The van der Waals surface area contributed by atoms with E-state index in [1.165, 1.54) is 23.1 Å². The number of anilines is 1. The number of amides is 2. The van der Waals surface area contributed by atoms with Gasteiger partial charge >= 0.3 is 12.0 Å². The molecule has 2 unspecified atom stereocenters. The Kier molecular flexibility index (Phi) is 3.69. The van der Waals surface area contributed by atoms with E-state index in [0.717, 1.165) is 0 Å². The molecule has 1 saturated heterocycles. The van der Waals surface area contributed by atoms with Crippen LogP contribution in [0.3, 0.4) is 0 Å². The molecule has 0 aliphatic carbocycles. The summed E-state index contributed by atoms with van der Waals surface area (Å²) < 4.78 is 13.0. The van der Waals surface area contributed by atoms with Crippen LogP contribution in [0.15, 0.2) is 24.3 Å². The predicted octanol–water partition coefficient (Wildman–Crippen LogP) is 2.15. The van der Waals surface area contributed by atoms with Crippen LogP contribution in [0, 0.1) is 11.7 Å². The Labute approximate surface area is 110 Å². The lowest BCUT2D eigenvalue weighted by Crippen LogP contribution is -2.40. The third-order valence-corrected chi connectivity index (χ3v) is 3.41. The molecular weight excluding hydrogens is 251 g/mol. The number of nitrogens with zero attached hydrogens (tertiary/aromatic N) is 1. The molecule has 1 aliphatic heterocycles. The van der Waals surface area contributed by atoms with Gasteiger partial charge in [-0.15, -0.1) is 0 Å². The van der Waals surface area contributed by atoms with Gasteiger partial charge in [0.05, 0.1) is 5.92 Å². The van der Waals surface area contributed by atoms with E-state index >= 15 is 0 Å². The van der Waals surface area contributed by atoms with Gasteiger partial charge in [-0.25, -0.2) is 9.18 Å². The van der Waals surface area contributed by atoms with E-state index in [1.807, 2.05) is 0 Å². The molecule has 0 spiro atoms. The molecule has 1 fully saturated rings. The van der Waals surface area contributed by atoms with Crippen molar-refractivity contribution in [3.05, 3.63) is 30.1 Å². The van der Waals surface area contributed by atoms with E-state index in [1.54, 1.807) is 13.0 Å². The van der Waals surface area contributed by atoms with Gasteiger partial charge in [0.2, 0.25) is 0 Å². The monoisotopic (exact) mass is 266 g/mol. The van der Waals surface area contributed by atoms with Crippen molar-refractivity contribution < 1.29 is 19.1 Å². The smallest absolute Gasteiger partial charge is 0.322 e. The summed E-state index contributed by atoms with van der Waals surface area (Å²) in [7, 11) is 0. The lowest BCUT2D eigenvalue weighted by atomic mass is 10.0. The number of likely N-dealkylation sites (tertiary alicyclic amines) is 1. The second kappa shape index (κ2) is 5.26. The van der Waals surface area contributed by atoms with Crippen LogP contribution in [0.2, 0.25) is 0 Å². The zero-order valence-electron chi connectivity index (χ0n) is 10.5. The Morgan fingerprint density at radius 3 is 2.79 bits per heavy atom. The Bertz CT molecular complexity index is 506. The third kappa shape index (κ3) is 2.83. The Morgan fingerprint density at radius 1 is 1.47 bits per heavy atom. The standard InChI is InChI=1S/C13H15FN2O3/c1-8-11(12(17)18)5-6-16(8)13(19)15-10-4-2-3-9(14)7-10/h2-4,7-8,11H,5-6H2,1H3,(H,15,19)(H,17,18). The van der Waals surface area contributed by atoms with Crippen LogP contribution in [-0.2, 0) is 4.79 Å². The molecule has 0 radical (unpaired) electrons. The summed E-state index contributed by atoms with van der Waals surface area (Å²) in [5.74, 6) is -1.87. The van der Waals surface area contributed by atoms with Crippen LogP contribution in [-0.4, -0.2) is 34.6 Å². The van der Waals surface area contributed by atoms with Gasteiger partial charge in [-0.2, -0.15) is 0 Å². The molecule has 0 bridgehead atoms. The van der Waals surface area contributed by atoms with Gasteiger partial charge in [-0.05, 0) is 31.5 Å². The first-order valence-corrected chi connectivity index (χ1v) is 6.05. The minimum atomic E-state index is -0.895. The number of carbonyl (C=O) groups excluding carboxylic acids is 1. The molecule has 2 N–H and O–H groups in total. The first-order valence-electron chi connectivity index (χ1n) is 6.05. The molecule has 1 aromatic carbocycles. The van der Waals surface area contributed by atoms with Crippen molar-refractivity contribution in [3.8, 4) is 0 Å². The molecule has 2 amide bonds. The summed E-state index contributed by atoms with van der Waals surface area (Å²) in [5.41, 5.74) is 0.357. The van der Waals surface area contributed by atoms with Crippen molar-refractivity contribution in [2.24, 2.45) is 5.92 Å². The van der Waals surface area contributed by atoms with Crippen molar-refractivity contribution in [2.45, 2.75) is 19.4 Å². The number of carbonyl (C=O) groups is 2. The maximum absolute atomic E-state index is 13.0. The quantitative estimate of drug-likeness (QED) is 0.861. The van der Waals surface area contributed by atoms with Gasteiger partial charge < -0.3 is 15.3 Å². The van der Waals surface area contributed by atoms with Gasteiger partial charge in [-0.1, -0.05) is 6.07 Å². The first-order chi connectivity index (χ1) is 8.99. The lowest BCUT2D eigenvalue weighted by Gasteiger charge is -2.23. The van der Waals surface area contributed by atoms with E-state index in [-0.39, 0.29) is 6.04 Å². The average molecular weight is 266 g/mol. The van der Waals surface area contributed by atoms with Crippen LogP contribution in [0.4, 0.5) is 14.9 Å². The SMILES string of the molecule is CC1C(C(=O)O)CCN1C(=O)Nc1cccc(F)c1.